The van der Waals surface area contributed by atoms with Crippen LogP contribution in [0.3, 0.4) is 0 Å². The van der Waals surface area contributed by atoms with E-state index < -0.39 is 0 Å². The van der Waals surface area contributed by atoms with E-state index in [1.807, 2.05) is 7.05 Å². The van der Waals surface area contributed by atoms with E-state index in [0.717, 1.165) is 42.3 Å². The Bertz CT molecular complexity index is 578. The molecule has 21 heavy (non-hydrogen) atoms. The predicted molar refractivity (Wildman–Crippen MR) is 89.4 cm³/mol. The van der Waals surface area contributed by atoms with Crippen molar-refractivity contribution in [3.05, 3.63) is 41.7 Å². The van der Waals surface area contributed by atoms with Crippen LogP contribution < -0.4 is 10.2 Å². The van der Waals surface area contributed by atoms with Gasteiger partial charge >= 0.3 is 0 Å². The van der Waals surface area contributed by atoms with Gasteiger partial charge in [-0.2, -0.15) is 0 Å². The number of hydrogen-bond acceptors (Lipinski definition) is 4. The lowest BCUT2D eigenvalue weighted by Crippen LogP contribution is -2.15. The predicted octanol–water partition coefficient (Wildman–Crippen LogP) is 3.94. The lowest BCUT2D eigenvalue weighted by atomic mass is 10.1. The maximum atomic E-state index is 4.44. The number of hydrogen-bond donors (Lipinski definition) is 1. The van der Waals surface area contributed by atoms with Crippen molar-refractivity contribution in [1.29, 1.82) is 0 Å². The lowest BCUT2D eigenvalue weighted by Gasteiger charge is -2.21. The SMILES string of the molecule is CCCNc1ncnc(N(C)c2ccc(CC)cc2)c1C. The van der Waals surface area contributed by atoms with Crippen molar-refractivity contribution in [2.24, 2.45) is 0 Å². The van der Waals surface area contributed by atoms with E-state index in [1.54, 1.807) is 6.33 Å². The molecule has 0 atom stereocenters. The molecule has 0 spiro atoms. The van der Waals surface area contributed by atoms with Crippen molar-refractivity contribution < 1.29 is 0 Å². The van der Waals surface area contributed by atoms with Crippen molar-refractivity contribution >= 4 is 17.3 Å². The molecule has 0 aliphatic carbocycles. The average Bonchev–Trinajstić information content (AvgIpc) is 2.53. The number of nitrogens with one attached hydrogen (secondary N) is 1. The highest BCUT2D eigenvalue weighted by Crippen LogP contribution is 2.27. The van der Waals surface area contributed by atoms with Crippen LogP contribution >= 0.6 is 0 Å². The maximum Gasteiger partial charge on any atom is 0.141 e. The third-order valence-corrected chi connectivity index (χ3v) is 3.65. The molecule has 0 fully saturated rings. The molecule has 1 heterocycles. The molecule has 4 nitrogen and oxygen atoms in total. The van der Waals surface area contributed by atoms with E-state index in [4.69, 9.17) is 0 Å². The Morgan fingerprint density at radius 1 is 1.10 bits per heavy atom. The first-order valence-corrected chi connectivity index (χ1v) is 7.55. The first-order chi connectivity index (χ1) is 10.2. The van der Waals surface area contributed by atoms with Crippen molar-refractivity contribution in [3.63, 3.8) is 0 Å². The van der Waals surface area contributed by atoms with Crippen molar-refractivity contribution in [2.45, 2.75) is 33.6 Å². The van der Waals surface area contributed by atoms with Gasteiger partial charge in [-0.25, -0.2) is 9.97 Å². The largest absolute Gasteiger partial charge is 0.370 e. The Labute approximate surface area is 127 Å². The minimum Gasteiger partial charge on any atom is -0.370 e. The van der Waals surface area contributed by atoms with Gasteiger partial charge in [-0.3, -0.25) is 0 Å². The summed E-state index contributed by atoms with van der Waals surface area (Å²) in [6.07, 6.45) is 3.76. The number of nitrogens with zero attached hydrogens (tertiary/aromatic N) is 3. The van der Waals surface area contributed by atoms with Crippen molar-refractivity contribution in [3.8, 4) is 0 Å². The summed E-state index contributed by atoms with van der Waals surface area (Å²) in [6.45, 7) is 7.29. The molecule has 1 aromatic heterocycles. The molecule has 2 rings (SSSR count). The van der Waals surface area contributed by atoms with Gasteiger partial charge in [0.2, 0.25) is 0 Å². The highest BCUT2D eigenvalue weighted by Gasteiger charge is 2.12. The first-order valence-electron chi connectivity index (χ1n) is 7.55. The van der Waals surface area contributed by atoms with Gasteiger partial charge in [-0.1, -0.05) is 26.0 Å². The van der Waals surface area contributed by atoms with Crippen molar-refractivity contribution in [2.75, 3.05) is 23.8 Å². The summed E-state index contributed by atoms with van der Waals surface area (Å²) in [7, 11) is 2.04. The fourth-order valence-corrected chi connectivity index (χ4v) is 2.28. The van der Waals surface area contributed by atoms with Gasteiger partial charge in [0.15, 0.2) is 0 Å². The third kappa shape index (κ3) is 3.51. The van der Waals surface area contributed by atoms with Crippen LogP contribution in [0, 0.1) is 6.92 Å². The molecule has 0 unspecified atom stereocenters. The van der Waals surface area contributed by atoms with Crippen LogP contribution in [0.2, 0.25) is 0 Å². The third-order valence-electron chi connectivity index (χ3n) is 3.65. The summed E-state index contributed by atoms with van der Waals surface area (Å²) in [5.74, 6) is 1.85. The number of aryl methyl sites for hydroxylation is 1. The van der Waals surface area contributed by atoms with Crippen LogP contribution in [-0.4, -0.2) is 23.6 Å². The Balaban J connectivity index is 2.27. The Morgan fingerprint density at radius 2 is 1.81 bits per heavy atom. The van der Waals surface area contributed by atoms with Crippen LogP contribution in [0.4, 0.5) is 17.3 Å². The quantitative estimate of drug-likeness (QED) is 0.872. The maximum absolute atomic E-state index is 4.44. The number of rotatable bonds is 6. The smallest absolute Gasteiger partial charge is 0.141 e. The highest BCUT2D eigenvalue weighted by atomic mass is 15.2. The summed E-state index contributed by atoms with van der Waals surface area (Å²) >= 11 is 0. The topological polar surface area (TPSA) is 41.1 Å². The first kappa shape index (κ1) is 15.3. The van der Waals surface area contributed by atoms with Crippen molar-refractivity contribution in [1.82, 2.24) is 9.97 Å². The van der Waals surface area contributed by atoms with Gasteiger partial charge in [0.05, 0.1) is 0 Å². The van der Waals surface area contributed by atoms with Gasteiger partial charge in [0, 0.05) is 24.8 Å². The Kier molecular flexibility index (Phi) is 5.14. The zero-order chi connectivity index (χ0) is 15.2. The molecule has 0 radical (unpaired) electrons. The molecule has 0 bridgehead atoms. The van der Waals surface area contributed by atoms with E-state index in [2.05, 4.69) is 65.2 Å². The summed E-state index contributed by atoms with van der Waals surface area (Å²) in [6, 6.07) is 8.61. The molecular weight excluding hydrogens is 260 g/mol. The van der Waals surface area contributed by atoms with Crippen LogP contribution in [0.15, 0.2) is 30.6 Å². The normalized spacial score (nSPS) is 10.5. The molecule has 4 heteroatoms. The van der Waals surface area contributed by atoms with E-state index in [-0.39, 0.29) is 0 Å². The second kappa shape index (κ2) is 7.07. The fraction of sp³-hybridized carbons (Fsp3) is 0.412. The van der Waals surface area contributed by atoms with E-state index >= 15 is 0 Å². The van der Waals surface area contributed by atoms with Crippen LogP contribution in [-0.2, 0) is 6.42 Å². The molecule has 0 aliphatic rings. The molecule has 0 amide bonds. The highest BCUT2D eigenvalue weighted by molar-refractivity contribution is 5.66. The standard InChI is InChI=1S/C17H24N4/c1-5-11-18-16-13(3)17(20-12-19-16)21(4)15-9-7-14(6-2)8-10-15/h7-10,12H,5-6,11H2,1-4H3,(H,18,19,20). The second-order valence-corrected chi connectivity index (χ2v) is 5.18. The number of benzene rings is 1. The van der Waals surface area contributed by atoms with Crippen LogP contribution in [0.1, 0.15) is 31.4 Å². The minimum absolute atomic E-state index is 0.916. The molecular formula is C17H24N4. The van der Waals surface area contributed by atoms with Gasteiger partial charge in [0.25, 0.3) is 0 Å². The lowest BCUT2D eigenvalue weighted by molar-refractivity contribution is 0.954. The molecule has 0 aliphatic heterocycles. The summed E-state index contributed by atoms with van der Waals surface area (Å²) < 4.78 is 0. The monoisotopic (exact) mass is 284 g/mol. The zero-order valence-electron chi connectivity index (χ0n) is 13.3. The summed E-state index contributed by atoms with van der Waals surface area (Å²) in [5, 5.41) is 3.35. The van der Waals surface area contributed by atoms with Gasteiger partial charge in [-0.15, -0.1) is 0 Å². The molecule has 112 valence electrons. The van der Waals surface area contributed by atoms with Crippen LogP contribution in [0.5, 0.6) is 0 Å². The molecule has 0 saturated carbocycles. The zero-order valence-corrected chi connectivity index (χ0v) is 13.3. The Hall–Kier alpha value is -2.10. The molecule has 2 aromatic rings. The summed E-state index contributed by atoms with van der Waals surface area (Å²) in [4.78, 5) is 10.9. The summed E-state index contributed by atoms with van der Waals surface area (Å²) in [5.41, 5.74) is 3.56. The van der Waals surface area contributed by atoms with E-state index in [9.17, 15) is 0 Å². The van der Waals surface area contributed by atoms with Gasteiger partial charge < -0.3 is 10.2 Å². The van der Waals surface area contributed by atoms with E-state index in [0.29, 0.717) is 0 Å². The fourth-order valence-electron chi connectivity index (χ4n) is 2.28. The number of aromatic nitrogens is 2. The van der Waals surface area contributed by atoms with Gasteiger partial charge in [0.1, 0.15) is 18.0 Å². The minimum atomic E-state index is 0.916. The van der Waals surface area contributed by atoms with E-state index in [1.165, 1.54) is 5.56 Å². The average molecular weight is 284 g/mol. The second-order valence-electron chi connectivity index (χ2n) is 5.18. The molecule has 0 saturated heterocycles. The molecule has 1 aromatic carbocycles. The van der Waals surface area contributed by atoms with Crippen LogP contribution in [0.25, 0.3) is 0 Å². The van der Waals surface area contributed by atoms with Gasteiger partial charge in [-0.05, 0) is 37.5 Å². The number of anilines is 3. The Morgan fingerprint density at radius 3 is 2.43 bits per heavy atom. The molecule has 1 N–H and O–H groups in total.